The monoisotopic (exact) mass is 533 g/mol. The van der Waals surface area contributed by atoms with Crippen LogP contribution >= 0.6 is 11.8 Å². The quantitative estimate of drug-likeness (QED) is 0.326. The smallest absolute Gasteiger partial charge is 0.294 e. The second-order valence-electron chi connectivity index (χ2n) is 8.49. The van der Waals surface area contributed by atoms with Crippen LogP contribution < -0.4 is 15.0 Å². The molecule has 1 saturated heterocycles. The highest BCUT2D eigenvalue weighted by Gasteiger charge is 2.36. The highest BCUT2D eigenvalue weighted by Crippen LogP contribution is 2.35. The number of rotatable bonds is 10. The second kappa shape index (κ2) is 12.4. The molecule has 3 aromatic carbocycles. The summed E-state index contributed by atoms with van der Waals surface area (Å²) in [6.07, 6.45) is 1.62. The van der Waals surface area contributed by atoms with Gasteiger partial charge in [-0.05, 0) is 73.6 Å². The first-order chi connectivity index (χ1) is 18.4. The highest BCUT2D eigenvalue weighted by atomic mass is 32.2. The number of halogens is 1. The van der Waals surface area contributed by atoms with Gasteiger partial charge < -0.3 is 15.0 Å². The Balaban J connectivity index is 1.53. The third-order valence-corrected chi connectivity index (χ3v) is 6.86. The number of imide groups is 1. The summed E-state index contributed by atoms with van der Waals surface area (Å²) in [4.78, 5) is 41.4. The zero-order chi connectivity index (χ0) is 27.1. The zero-order valence-electron chi connectivity index (χ0n) is 21.1. The molecular weight excluding hydrogens is 505 g/mol. The van der Waals surface area contributed by atoms with Crippen molar-refractivity contribution in [2.75, 3.05) is 29.9 Å². The van der Waals surface area contributed by atoms with Gasteiger partial charge in [0.15, 0.2) is 0 Å². The molecule has 1 aliphatic rings. The second-order valence-corrected chi connectivity index (χ2v) is 9.48. The molecule has 9 heteroatoms. The Morgan fingerprint density at radius 2 is 1.74 bits per heavy atom. The lowest BCUT2D eigenvalue weighted by molar-refractivity contribution is -0.127. The highest BCUT2D eigenvalue weighted by molar-refractivity contribution is 8.18. The lowest BCUT2D eigenvalue weighted by atomic mass is 10.1. The number of amides is 3. The number of ether oxygens (including phenoxy) is 1. The largest absolute Gasteiger partial charge is 0.488 e. The molecule has 1 heterocycles. The van der Waals surface area contributed by atoms with E-state index in [4.69, 9.17) is 4.74 Å². The van der Waals surface area contributed by atoms with E-state index >= 15 is 0 Å². The van der Waals surface area contributed by atoms with Gasteiger partial charge in [-0.3, -0.25) is 19.3 Å². The molecule has 0 spiro atoms. The normalized spacial score (nSPS) is 14.2. The van der Waals surface area contributed by atoms with Crippen LogP contribution in [0.3, 0.4) is 0 Å². The number of benzene rings is 3. The Kier molecular flexibility index (Phi) is 8.81. The van der Waals surface area contributed by atoms with Crippen LogP contribution in [0.5, 0.6) is 5.75 Å². The molecule has 1 N–H and O–H groups in total. The van der Waals surface area contributed by atoms with E-state index < -0.39 is 29.4 Å². The van der Waals surface area contributed by atoms with E-state index in [1.807, 2.05) is 48.5 Å². The molecule has 0 aliphatic carbocycles. The van der Waals surface area contributed by atoms with Gasteiger partial charge in [-0.2, -0.15) is 0 Å². The number of carbonyl (C=O) groups is 3. The molecular formula is C29H28FN3O4S. The van der Waals surface area contributed by atoms with E-state index in [1.165, 1.54) is 24.3 Å². The standard InChI is InChI=1S/C29H28FN3O4S/c1-3-32(4-2)24-15-10-21(25(17-24)37-19-20-8-6-5-7-9-20)16-26-28(35)33(29(36)38-26)18-27(34)31-23-13-11-22(30)12-14-23/h5-17H,3-4,18-19H2,1-2H3,(H,31,34)/b26-16+. The number of hydrogen-bond acceptors (Lipinski definition) is 6. The van der Waals surface area contributed by atoms with Crippen molar-refractivity contribution < 1.29 is 23.5 Å². The van der Waals surface area contributed by atoms with E-state index in [-0.39, 0.29) is 4.91 Å². The number of hydrogen-bond donors (Lipinski definition) is 1. The summed E-state index contributed by atoms with van der Waals surface area (Å²) in [6, 6.07) is 20.7. The third kappa shape index (κ3) is 6.60. The number of nitrogens with one attached hydrogen (secondary N) is 1. The summed E-state index contributed by atoms with van der Waals surface area (Å²) in [5.74, 6) is -0.970. The summed E-state index contributed by atoms with van der Waals surface area (Å²) in [5, 5.41) is 2.03. The first kappa shape index (κ1) is 26.9. The lowest BCUT2D eigenvalue weighted by Crippen LogP contribution is -2.36. The van der Waals surface area contributed by atoms with Crippen molar-refractivity contribution in [1.29, 1.82) is 0 Å². The van der Waals surface area contributed by atoms with Crippen LogP contribution in [0.25, 0.3) is 6.08 Å². The van der Waals surface area contributed by atoms with Gasteiger partial charge in [0.1, 0.15) is 24.7 Å². The van der Waals surface area contributed by atoms with Crippen LogP contribution in [0.15, 0.2) is 77.7 Å². The van der Waals surface area contributed by atoms with Crippen LogP contribution in [-0.4, -0.2) is 41.6 Å². The summed E-state index contributed by atoms with van der Waals surface area (Å²) in [6.45, 7) is 5.69. The SMILES string of the molecule is CCN(CC)c1ccc(/C=C2/SC(=O)N(CC(=O)Nc3ccc(F)cc3)C2=O)c(OCc2ccccc2)c1. The molecule has 0 atom stereocenters. The molecule has 0 radical (unpaired) electrons. The van der Waals surface area contributed by atoms with Crippen molar-refractivity contribution in [3.63, 3.8) is 0 Å². The molecule has 0 aromatic heterocycles. The maximum absolute atomic E-state index is 13.1. The van der Waals surface area contributed by atoms with Crippen LogP contribution in [0, 0.1) is 5.82 Å². The van der Waals surface area contributed by atoms with Crippen molar-refractivity contribution in [2.24, 2.45) is 0 Å². The number of anilines is 2. The van der Waals surface area contributed by atoms with Crippen molar-refractivity contribution in [3.8, 4) is 5.75 Å². The fourth-order valence-electron chi connectivity index (χ4n) is 3.94. The first-order valence-electron chi connectivity index (χ1n) is 12.2. The number of nitrogens with zero attached hydrogens (tertiary/aromatic N) is 2. The third-order valence-electron chi connectivity index (χ3n) is 5.95. The molecule has 7 nitrogen and oxygen atoms in total. The average molecular weight is 534 g/mol. The molecule has 0 bridgehead atoms. The van der Waals surface area contributed by atoms with Gasteiger partial charge in [0.2, 0.25) is 5.91 Å². The number of carbonyl (C=O) groups excluding carboxylic acids is 3. The predicted octanol–water partition coefficient (Wildman–Crippen LogP) is 5.93. The minimum absolute atomic E-state index is 0.199. The summed E-state index contributed by atoms with van der Waals surface area (Å²) < 4.78 is 19.3. The molecule has 0 unspecified atom stereocenters. The topological polar surface area (TPSA) is 79.0 Å². The Morgan fingerprint density at radius 3 is 2.42 bits per heavy atom. The fourth-order valence-corrected chi connectivity index (χ4v) is 4.77. The van der Waals surface area contributed by atoms with Gasteiger partial charge in [-0.1, -0.05) is 30.3 Å². The number of thioether (sulfide) groups is 1. The van der Waals surface area contributed by atoms with Gasteiger partial charge in [-0.15, -0.1) is 0 Å². The Bertz CT molecular complexity index is 1340. The molecule has 4 rings (SSSR count). The van der Waals surface area contributed by atoms with Crippen LogP contribution in [0.1, 0.15) is 25.0 Å². The molecule has 1 fully saturated rings. The van der Waals surface area contributed by atoms with Crippen LogP contribution in [-0.2, 0) is 16.2 Å². The van der Waals surface area contributed by atoms with Gasteiger partial charge >= 0.3 is 0 Å². The summed E-state index contributed by atoms with van der Waals surface area (Å²) >= 11 is 0.773. The summed E-state index contributed by atoms with van der Waals surface area (Å²) in [7, 11) is 0. The average Bonchev–Trinajstić information content (AvgIpc) is 3.18. The molecule has 1 aliphatic heterocycles. The molecule has 196 valence electrons. The van der Waals surface area contributed by atoms with E-state index in [0.717, 1.165) is 41.0 Å². The Labute approximate surface area is 225 Å². The Morgan fingerprint density at radius 1 is 1.03 bits per heavy atom. The van der Waals surface area contributed by atoms with Crippen molar-refractivity contribution in [1.82, 2.24) is 4.90 Å². The van der Waals surface area contributed by atoms with Gasteiger partial charge in [-0.25, -0.2) is 4.39 Å². The minimum Gasteiger partial charge on any atom is -0.488 e. The zero-order valence-corrected chi connectivity index (χ0v) is 22.0. The lowest BCUT2D eigenvalue weighted by Gasteiger charge is -2.22. The molecule has 3 aromatic rings. The van der Waals surface area contributed by atoms with Crippen LogP contribution in [0.4, 0.5) is 20.6 Å². The predicted molar refractivity (Wildman–Crippen MR) is 148 cm³/mol. The maximum atomic E-state index is 13.1. The van der Waals surface area contributed by atoms with E-state index in [9.17, 15) is 18.8 Å². The first-order valence-corrected chi connectivity index (χ1v) is 13.1. The van der Waals surface area contributed by atoms with Crippen molar-refractivity contribution in [2.45, 2.75) is 20.5 Å². The minimum atomic E-state index is -0.560. The van der Waals surface area contributed by atoms with Crippen molar-refractivity contribution >= 4 is 46.3 Å². The summed E-state index contributed by atoms with van der Waals surface area (Å²) in [5.41, 5.74) is 3.01. The van der Waals surface area contributed by atoms with E-state index in [0.29, 0.717) is 23.6 Å². The maximum Gasteiger partial charge on any atom is 0.294 e. The van der Waals surface area contributed by atoms with Crippen molar-refractivity contribution in [3.05, 3.63) is 94.6 Å². The molecule has 0 saturated carbocycles. The fraction of sp³-hybridized carbons (Fsp3) is 0.207. The van der Waals surface area contributed by atoms with Crippen LogP contribution in [0.2, 0.25) is 0 Å². The Hall–Kier alpha value is -4.11. The van der Waals surface area contributed by atoms with Gasteiger partial charge in [0, 0.05) is 36.1 Å². The molecule has 3 amide bonds. The van der Waals surface area contributed by atoms with Gasteiger partial charge in [0.05, 0.1) is 4.91 Å². The van der Waals surface area contributed by atoms with Gasteiger partial charge in [0.25, 0.3) is 11.1 Å². The van der Waals surface area contributed by atoms with E-state index in [1.54, 1.807) is 6.08 Å². The molecule has 38 heavy (non-hydrogen) atoms. The van der Waals surface area contributed by atoms with E-state index in [2.05, 4.69) is 24.1 Å².